The van der Waals surface area contributed by atoms with Gasteiger partial charge in [-0.1, -0.05) is 45.7 Å². The Bertz CT molecular complexity index is 788. The highest BCUT2D eigenvalue weighted by molar-refractivity contribution is 9.10. The van der Waals surface area contributed by atoms with E-state index in [9.17, 15) is 4.79 Å². The fourth-order valence-corrected chi connectivity index (χ4v) is 4.60. The molecule has 0 saturated carbocycles. The second-order valence-electron chi connectivity index (χ2n) is 6.87. The van der Waals surface area contributed by atoms with Gasteiger partial charge < -0.3 is 14.8 Å². The quantitative estimate of drug-likeness (QED) is 0.610. The second kappa shape index (κ2) is 8.33. The van der Waals surface area contributed by atoms with Crippen molar-refractivity contribution >= 4 is 37.6 Å². The van der Waals surface area contributed by atoms with Crippen LogP contribution in [0.15, 0.2) is 45.3 Å². The van der Waals surface area contributed by atoms with Gasteiger partial charge in [0.2, 0.25) is 0 Å². The van der Waals surface area contributed by atoms with Gasteiger partial charge in [-0.2, -0.15) is 0 Å². The first-order valence-corrected chi connectivity index (χ1v) is 10.4. The van der Waals surface area contributed by atoms with Gasteiger partial charge >= 0.3 is 0 Å². The smallest absolute Gasteiger partial charge is 0.142 e. The van der Waals surface area contributed by atoms with Crippen molar-refractivity contribution in [3.8, 4) is 11.5 Å². The lowest BCUT2D eigenvalue weighted by Crippen LogP contribution is -2.46. The third-order valence-electron chi connectivity index (χ3n) is 5.31. The molecule has 144 valence electrons. The van der Waals surface area contributed by atoms with Gasteiger partial charge in [0, 0.05) is 44.0 Å². The number of ether oxygens (including phenoxy) is 2. The van der Waals surface area contributed by atoms with E-state index in [4.69, 9.17) is 9.47 Å². The van der Waals surface area contributed by atoms with Crippen LogP contribution in [0.25, 0.3) is 0 Å². The molecule has 4 nitrogen and oxygen atoms in total. The molecule has 0 amide bonds. The van der Waals surface area contributed by atoms with Crippen molar-refractivity contribution < 1.29 is 14.3 Å². The Balaban J connectivity index is 2.08. The highest BCUT2D eigenvalue weighted by Gasteiger charge is 2.42. The van der Waals surface area contributed by atoms with E-state index < -0.39 is 0 Å². The summed E-state index contributed by atoms with van der Waals surface area (Å²) in [6, 6.07) is 11.4. The van der Waals surface area contributed by atoms with Crippen LogP contribution in [-0.4, -0.2) is 20.0 Å². The summed E-state index contributed by atoms with van der Waals surface area (Å²) in [5, 5.41) is 3.70. The zero-order valence-electron chi connectivity index (χ0n) is 15.8. The number of benzene rings is 2. The molecule has 1 heterocycles. The van der Waals surface area contributed by atoms with Gasteiger partial charge in [-0.25, -0.2) is 0 Å². The topological polar surface area (TPSA) is 47.6 Å². The maximum atomic E-state index is 13.1. The van der Waals surface area contributed by atoms with E-state index in [2.05, 4.69) is 37.2 Å². The Morgan fingerprint density at radius 1 is 0.815 bits per heavy atom. The molecule has 0 unspecified atom stereocenters. The summed E-state index contributed by atoms with van der Waals surface area (Å²) < 4.78 is 13.0. The van der Waals surface area contributed by atoms with Crippen LogP contribution in [0.4, 0.5) is 0 Å². The molecule has 0 bridgehead atoms. The molecule has 0 spiro atoms. The van der Waals surface area contributed by atoms with Crippen molar-refractivity contribution in [2.45, 2.75) is 25.9 Å². The van der Waals surface area contributed by atoms with Gasteiger partial charge in [-0.15, -0.1) is 0 Å². The van der Waals surface area contributed by atoms with Gasteiger partial charge in [0.1, 0.15) is 17.3 Å². The summed E-state index contributed by atoms with van der Waals surface area (Å²) in [5.74, 6) is 1.43. The Morgan fingerprint density at radius 2 is 1.22 bits per heavy atom. The van der Waals surface area contributed by atoms with Crippen LogP contribution < -0.4 is 14.8 Å². The maximum Gasteiger partial charge on any atom is 0.142 e. The number of carbonyl (C=O) groups excluding carboxylic acids is 1. The van der Waals surface area contributed by atoms with Crippen LogP contribution in [0.1, 0.15) is 37.1 Å². The van der Waals surface area contributed by atoms with Crippen LogP contribution in [0, 0.1) is 11.8 Å². The monoisotopic (exact) mass is 495 g/mol. The van der Waals surface area contributed by atoms with Crippen LogP contribution >= 0.6 is 31.9 Å². The lowest BCUT2D eigenvalue weighted by molar-refractivity contribution is -0.130. The predicted octanol–water partition coefficient (Wildman–Crippen LogP) is 5.46. The molecular formula is C21H23Br2NO3. The summed E-state index contributed by atoms with van der Waals surface area (Å²) >= 11 is 7.07. The second-order valence-corrected chi connectivity index (χ2v) is 8.71. The molecule has 4 atom stereocenters. The number of hydrogen-bond acceptors (Lipinski definition) is 4. The molecule has 27 heavy (non-hydrogen) atoms. The Labute approximate surface area is 176 Å². The number of hydrogen-bond donors (Lipinski definition) is 1. The molecule has 1 aliphatic rings. The molecule has 1 fully saturated rings. The Hall–Kier alpha value is -1.37. The average Bonchev–Trinajstić information content (AvgIpc) is 2.66. The van der Waals surface area contributed by atoms with Crippen LogP contribution in [0.3, 0.4) is 0 Å². The van der Waals surface area contributed by atoms with Crippen molar-refractivity contribution in [3.63, 3.8) is 0 Å². The molecule has 2 aromatic carbocycles. The molecule has 2 aromatic rings. The number of Topliss-reactive ketones (excluding diaryl/α,β-unsaturated/α-hetero) is 1. The molecule has 1 N–H and O–H groups in total. The largest absolute Gasteiger partial charge is 0.496 e. The van der Waals surface area contributed by atoms with Gasteiger partial charge in [0.25, 0.3) is 0 Å². The van der Waals surface area contributed by atoms with Crippen molar-refractivity contribution in [1.29, 1.82) is 0 Å². The standard InChI is InChI=1S/C21H23Br2NO3/c1-11-19(15-9-13(22)5-7-17(15)26-3)24-20(12(2)21(11)25)16-10-14(23)6-8-18(16)27-4/h5-12,19-20,24H,1-4H3/t11-,12+,19-,20+. The predicted molar refractivity (Wildman–Crippen MR) is 113 cm³/mol. The van der Waals surface area contributed by atoms with Crippen molar-refractivity contribution in [3.05, 3.63) is 56.5 Å². The maximum absolute atomic E-state index is 13.1. The molecule has 6 heteroatoms. The molecule has 1 saturated heterocycles. The minimum Gasteiger partial charge on any atom is -0.496 e. The lowest BCUT2D eigenvalue weighted by Gasteiger charge is -2.40. The van der Waals surface area contributed by atoms with E-state index in [1.807, 2.05) is 50.2 Å². The minimum absolute atomic E-state index is 0.158. The molecule has 1 aliphatic heterocycles. The fraction of sp³-hybridized carbons (Fsp3) is 0.381. The fourth-order valence-electron chi connectivity index (χ4n) is 3.84. The lowest BCUT2D eigenvalue weighted by atomic mass is 9.76. The number of rotatable bonds is 4. The molecule has 0 aliphatic carbocycles. The summed E-state index contributed by atoms with van der Waals surface area (Å²) in [5.41, 5.74) is 1.94. The normalized spacial score (nSPS) is 25.3. The molecular weight excluding hydrogens is 474 g/mol. The molecule has 0 aromatic heterocycles. The van der Waals surface area contributed by atoms with E-state index in [1.54, 1.807) is 14.2 Å². The van der Waals surface area contributed by atoms with Crippen molar-refractivity contribution in [2.24, 2.45) is 11.8 Å². The number of methoxy groups -OCH3 is 2. The number of piperidine rings is 1. The van der Waals surface area contributed by atoms with Crippen molar-refractivity contribution in [2.75, 3.05) is 14.2 Å². The number of nitrogens with one attached hydrogen (secondary N) is 1. The zero-order valence-corrected chi connectivity index (χ0v) is 18.9. The number of carbonyl (C=O) groups is 1. The zero-order chi connectivity index (χ0) is 19.7. The van der Waals surface area contributed by atoms with Crippen LogP contribution in [0.5, 0.6) is 11.5 Å². The molecule has 0 radical (unpaired) electrons. The number of ketones is 1. The summed E-state index contributed by atoms with van der Waals surface area (Å²) in [6.07, 6.45) is 0. The Kier molecular flexibility index (Phi) is 6.28. The average molecular weight is 497 g/mol. The summed E-state index contributed by atoms with van der Waals surface area (Å²) in [4.78, 5) is 13.1. The van der Waals surface area contributed by atoms with E-state index in [1.165, 1.54) is 0 Å². The highest BCUT2D eigenvalue weighted by atomic mass is 79.9. The van der Waals surface area contributed by atoms with E-state index in [0.29, 0.717) is 0 Å². The molecule has 3 rings (SSSR count). The van der Waals surface area contributed by atoms with Gasteiger partial charge in [0.15, 0.2) is 0 Å². The summed E-state index contributed by atoms with van der Waals surface area (Å²) in [6.45, 7) is 3.95. The number of halogens is 2. The van der Waals surface area contributed by atoms with E-state index in [-0.39, 0.29) is 29.7 Å². The minimum atomic E-state index is -0.169. The Morgan fingerprint density at radius 3 is 1.59 bits per heavy atom. The van der Waals surface area contributed by atoms with Gasteiger partial charge in [-0.3, -0.25) is 4.79 Å². The first-order chi connectivity index (χ1) is 12.9. The van der Waals surface area contributed by atoms with E-state index >= 15 is 0 Å². The first-order valence-electron chi connectivity index (χ1n) is 8.84. The van der Waals surface area contributed by atoms with E-state index in [0.717, 1.165) is 31.6 Å². The van der Waals surface area contributed by atoms with Gasteiger partial charge in [0.05, 0.1) is 14.2 Å². The van der Waals surface area contributed by atoms with Crippen LogP contribution in [-0.2, 0) is 4.79 Å². The van der Waals surface area contributed by atoms with Crippen molar-refractivity contribution in [1.82, 2.24) is 5.32 Å². The summed E-state index contributed by atoms with van der Waals surface area (Å²) in [7, 11) is 3.30. The first kappa shape index (κ1) is 20.4. The SMILES string of the molecule is COc1ccc(Br)cc1[C@H]1N[C@@H](c2cc(Br)ccc2OC)[C@@H](C)C(=O)[C@H]1C. The third kappa shape index (κ3) is 3.93. The highest BCUT2D eigenvalue weighted by Crippen LogP contribution is 2.43. The van der Waals surface area contributed by atoms with Crippen LogP contribution in [0.2, 0.25) is 0 Å². The third-order valence-corrected chi connectivity index (χ3v) is 6.30. The van der Waals surface area contributed by atoms with Gasteiger partial charge in [-0.05, 0) is 36.4 Å².